The van der Waals surface area contributed by atoms with Gasteiger partial charge < -0.3 is 33.2 Å². The Morgan fingerprint density at radius 3 is 1.37 bits per heavy atom. The van der Waals surface area contributed by atoms with Gasteiger partial charge in [-0.3, -0.25) is 24.0 Å². The first-order valence-electron chi connectivity index (χ1n) is 23.2. The van der Waals surface area contributed by atoms with E-state index in [1.165, 1.54) is 29.2 Å². The molecule has 4 rings (SSSR count). The van der Waals surface area contributed by atoms with Crippen molar-refractivity contribution in [1.82, 2.24) is 16.0 Å². The number of carbonyl (C=O) groups excluding carboxylic acids is 5. The van der Waals surface area contributed by atoms with Gasteiger partial charge in [0.15, 0.2) is 5.78 Å². The molecule has 0 bridgehead atoms. The minimum absolute atomic E-state index is 0. The fraction of sp³-hybridized carbons (Fsp3) is 0.421. The molecule has 0 aliphatic carbocycles. The average Bonchev–Trinajstić information content (AvgIpc) is 3.31. The van der Waals surface area contributed by atoms with E-state index in [0.717, 1.165) is 17.5 Å². The number of benzene rings is 4. The van der Waals surface area contributed by atoms with Crippen molar-refractivity contribution >= 4 is 29.3 Å². The van der Waals surface area contributed by atoms with Crippen LogP contribution in [0.5, 0.6) is 0 Å². The van der Waals surface area contributed by atoms with E-state index in [1.54, 1.807) is 25.1 Å². The lowest BCUT2D eigenvalue weighted by Gasteiger charge is -2.10. The van der Waals surface area contributed by atoms with Gasteiger partial charge in [0, 0.05) is 90.9 Å². The summed E-state index contributed by atoms with van der Waals surface area (Å²) in [7, 11) is 0. The van der Waals surface area contributed by atoms with Crippen LogP contribution in [0, 0.1) is 35.5 Å². The SMILES string of the molecule is C.CC(=O)CCNC(=O)c1ccc(C(C)C)cc1.CC(=O)c1ccc(C#CC(C)C)cc1.CC(C)c1cc(CN)cc(CN)c1.CCCNC(=O)c1cc(C#CC(C)C)cc(C(=O)NCCN)c1. The lowest BCUT2D eigenvalue weighted by atomic mass is 9.98. The summed E-state index contributed by atoms with van der Waals surface area (Å²) in [6, 6.07) is 26.3. The zero-order valence-electron chi connectivity index (χ0n) is 41.8. The van der Waals surface area contributed by atoms with Crippen molar-refractivity contribution < 1.29 is 24.0 Å². The minimum Gasteiger partial charge on any atom is -0.352 e. The third kappa shape index (κ3) is 25.5. The van der Waals surface area contributed by atoms with Crippen LogP contribution in [0.25, 0.3) is 0 Å². The molecule has 11 heteroatoms. The van der Waals surface area contributed by atoms with Gasteiger partial charge in [0.25, 0.3) is 17.7 Å². The molecule has 0 spiro atoms. The summed E-state index contributed by atoms with van der Waals surface area (Å²) in [5, 5.41) is 8.24. The molecule has 0 radical (unpaired) electrons. The molecule has 0 atom stereocenters. The molecule has 368 valence electrons. The highest BCUT2D eigenvalue weighted by Gasteiger charge is 2.13. The van der Waals surface area contributed by atoms with Crippen LogP contribution in [0.4, 0.5) is 0 Å². The van der Waals surface area contributed by atoms with Crippen LogP contribution in [0.15, 0.2) is 84.9 Å². The summed E-state index contributed by atoms with van der Waals surface area (Å²) < 4.78 is 0. The van der Waals surface area contributed by atoms with Crippen LogP contribution < -0.4 is 33.2 Å². The van der Waals surface area contributed by atoms with Gasteiger partial charge in [-0.25, -0.2) is 0 Å². The molecule has 11 nitrogen and oxygen atoms in total. The molecular formula is C57H80N6O5. The van der Waals surface area contributed by atoms with Crippen molar-refractivity contribution in [2.75, 3.05) is 26.2 Å². The zero-order valence-corrected chi connectivity index (χ0v) is 41.8. The fourth-order valence-corrected chi connectivity index (χ4v) is 5.67. The first-order valence-corrected chi connectivity index (χ1v) is 23.2. The molecule has 0 heterocycles. The molecule has 0 saturated heterocycles. The summed E-state index contributed by atoms with van der Waals surface area (Å²) in [6.07, 6.45) is 1.23. The Labute approximate surface area is 408 Å². The maximum absolute atomic E-state index is 12.2. The summed E-state index contributed by atoms with van der Waals surface area (Å²) in [5.74, 6) is 13.4. The van der Waals surface area contributed by atoms with Crippen molar-refractivity contribution in [3.63, 3.8) is 0 Å². The molecule has 0 aromatic heterocycles. The monoisotopic (exact) mass is 929 g/mol. The van der Waals surface area contributed by atoms with Crippen molar-refractivity contribution in [2.45, 2.75) is 121 Å². The summed E-state index contributed by atoms with van der Waals surface area (Å²) >= 11 is 0. The molecule has 0 aliphatic heterocycles. The Balaban J connectivity index is 0.000000898. The van der Waals surface area contributed by atoms with Crippen LogP contribution in [0.2, 0.25) is 0 Å². The van der Waals surface area contributed by atoms with Crippen LogP contribution in [0.1, 0.15) is 183 Å². The highest BCUT2D eigenvalue weighted by molar-refractivity contribution is 6.00. The Morgan fingerprint density at radius 1 is 0.515 bits per heavy atom. The maximum atomic E-state index is 12.2. The topological polar surface area (TPSA) is 200 Å². The van der Waals surface area contributed by atoms with Crippen LogP contribution in [-0.2, 0) is 17.9 Å². The number of carbonyl (C=O) groups is 5. The average molecular weight is 929 g/mol. The van der Waals surface area contributed by atoms with Gasteiger partial charge in [-0.2, -0.15) is 0 Å². The number of ketones is 2. The van der Waals surface area contributed by atoms with E-state index in [1.807, 2.05) is 69.3 Å². The predicted molar refractivity (Wildman–Crippen MR) is 282 cm³/mol. The van der Waals surface area contributed by atoms with Crippen LogP contribution in [-0.4, -0.2) is 55.5 Å². The molecule has 3 amide bonds. The molecule has 0 unspecified atom stereocenters. The van der Waals surface area contributed by atoms with Gasteiger partial charge in [0.2, 0.25) is 0 Å². The maximum Gasteiger partial charge on any atom is 0.251 e. The second-order valence-corrected chi connectivity index (χ2v) is 17.2. The number of nitrogens with one attached hydrogen (secondary N) is 3. The number of amides is 3. The minimum atomic E-state index is -0.256. The first kappa shape index (κ1) is 61.6. The van der Waals surface area contributed by atoms with Gasteiger partial charge in [0.05, 0.1) is 0 Å². The number of nitrogens with two attached hydrogens (primary N) is 3. The van der Waals surface area contributed by atoms with Gasteiger partial charge in [0.1, 0.15) is 5.78 Å². The van der Waals surface area contributed by atoms with E-state index in [9.17, 15) is 24.0 Å². The molecule has 0 aliphatic rings. The molecule has 0 saturated carbocycles. The highest BCUT2D eigenvalue weighted by atomic mass is 16.2. The number of hydrogen-bond acceptors (Lipinski definition) is 8. The molecular weight excluding hydrogens is 849 g/mol. The third-order valence-electron chi connectivity index (χ3n) is 9.54. The van der Waals surface area contributed by atoms with E-state index >= 15 is 0 Å². The predicted octanol–water partition coefficient (Wildman–Crippen LogP) is 9.30. The lowest BCUT2D eigenvalue weighted by molar-refractivity contribution is -0.116. The normalized spacial score (nSPS) is 9.97. The lowest BCUT2D eigenvalue weighted by Crippen LogP contribution is -2.29. The van der Waals surface area contributed by atoms with Crippen molar-refractivity contribution in [1.29, 1.82) is 0 Å². The van der Waals surface area contributed by atoms with Crippen molar-refractivity contribution in [2.24, 2.45) is 29.0 Å². The fourth-order valence-electron chi connectivity index (χ4n) is 5.67. The Morgan fingerprint density at radius 2 is 0.956 bits per heavy atom. The molecule has 9 N–H and O–H groups in total. The number of Topliss-reactive ketones (excluding diaryl/α,β-unsaturated/α-hetero) is 2. The zero-order chi connectivity index (χ0) is 50.5. The van der Waals surface area contributed by atoms with E-state index < -0.39 is 0 Å². The van der Waals surface area contributed by atoms with Gasteiger partial charge in [-0.05, 0) is 96.8 Å². The second-order valence-electron chi connectivity index (χ2n) is 17.2. The second kappa shape index (κ2) is 34.0. The van der Waals surface area contributed by atoms with Crippen molar-refractivity contribution in [3.05, 3.63) is 141 Å². The summed E-state index contributed by atoms with van der Waals surface area (Å²) in [6.45, 7) is 24.6. The Hall–Kier alpha value is -6.37. The first-order chi connectivity index (χ1) is 31.7. The standard InChI is InChI=1S/C18H25N3O2.C14H19NO2.C13H14O.C11H18N2.CH4/c1-4-8-20-17(22)15-10-14(6-5-13(2)3)11-16(12-15)18(23)21-9-7-19;1-10(2)12-4-6-13(7-5-12)14(17)15-9-8-11(3)16;1-10(2)4-5-12-6-8-13(9-7-12)11(3)14;1-8(2)11-4-9(6-12)3-10(5-11)7-13;/h10-13H,4,7-9,19H2,1-3H3,(H,20,22)(H,21,23);4-7,10H,8-9H2,1-3H3,(H,15,17);6-10H,1-3H3;3-5,8H,6-7,12-13H2,1-2H3;1H4. The van der Waals surface area contributed by atoms with Gasteiger partial charge in [-0.15, -0.1) is 0 Å². The van der Waals surface area contributed by atoms with Gasteiger partial charge in [-0.1, -0.05) is 136 Å². The molecule has 4 aromatic carbocycles. The van der Waals surface area contributed by atoms with Crippen molar-refractivity contribution in [3.8, 4) is 23.7 Å². The summed E-state index contributed by atoms with van der Waals surface area (Å²) in [4.78, 5) is 57.7. The third-order valence-corrected chi connectivity index (χ3v) is 9.54. The summed E-state index contributed by atoms with van der Waals surface area (Å²) in [5.41, 5.74) is 25.3. The van der Waals surface area contributed by atoms with E-state index in [2.05, 4.69) is 99.4 Å². The Bertz CT molecular complexity index is 2250. The van der Waals surface area contributed by atoms with E-state index in [0.29, 0.717) is 85.7 Å². The largest absolute Gasteiger partial charge is 0.352 e. The highest BCUT2D eigenvalue weighted by Crippen LogP contribution is 2.18. The molecule has 68 heavy (non-hydrogen) atoms. The molecule has 0 fully saturated rings. The molecule has 4 aromatic rings. The van der Waals surface area contributed by atoms with Gasteiger partial charge >= 0.3 is 0 Å². The van der Waals surface area contributed by atoms with E-state index in [4.69, 9.17) is 17.2 Å². The van der Waals surface area contributed by atoms with E-state index in [-0.39, 0.29) is 42.6 Å². The van der Waals surface area contributed by atoms with Crippen LogP contribution >= 0.6 is 0 Å². The number of rotatable bonds is 15. The van der Waals surface area contributed by atoms with Crippen LogP contribution in [0.3, 0.4) is 0 Å². The number of hydrogen-bond donors (Lipinski definition) is 6. The Kier molecular flexibility index (Phi) is 30.8. The smallest absolute Gasteiger partial charge is 0.251 e. The quantitative estimate of drug-likeness (QED) is 0.0500.